The van der Waals surface area contributed by atoms with Gasteiger partial charge < -0.3 is 10.6 Å². The maximum atomic E-state index is 12.4. The average Bonchev–Trinajstić information content (AvgIpc) is 2.47. The molecule has 2 heterocycles. The summed E-state index contributed by atoms with van der Waals surface area (Å²) in [5.41, 5.74) is 1.43. The standard InChI is InChI=1S/C16H18ClN3O/c1-10-4-6-18-14(7-10)16(21)20-13-9-12(17)8-11-3-2-5-19-15(11)13/h2-3,5,8-10,14,18H,4,6-7H2,1H3,(H,20,21). The molecule has 1 fully saturated rings. The van der Waals surface area contributed by atoms with Crippen LogP contribution >= 0.6 is 11.6 Å². The molecule has 110 valence electrons. The van der Waals surface area contributed by atoms with E-state index in [0.29, 0.717) is 16.6 Å². The minimum absolute atomic E-state index is 0.0178. The fourth-order valence-electron chi connectivity index (χ4n) is 2.78. The number of anilines is 1. The van der Waals surface area contributed by atoms with Crippen molar-refractivity contribution in [2.75, 3.05) is 11.9 Å². The number of rotatable bonds is 2. The predicted octanol–water partition coefficient (Wildman–Crippen LogP) is 3.21. The van der Waals surface area contributed by atoms with E-state index in [0.717, 1.165) is 30.3 Å². The van der Waals surface area contributed by atoms with Crippen LogP contribution in [0.1, 0.15) is 19.8 Å². The van der Waals surface area contributed by atoms with Crippen LogP contribution in [0.2, 0.25) is 5.02 Å². The van der Waals surface area contributed by atoms with Gasteiger partial charge in [0.05, 0.1) is 17.2 Å². The summed E-state index contributed by atoms with van der Waals surface area (Å²) in [6.07, 6.45) is 3.69. The lowest BCUT2D eigenvalue weighted by Crippen LogP contribution is -2.45. The number of nitrogens with zero attached hydrogens (tertiary/aromatic N) is 1. The first-order chi connectivity index (χ1) is 10.1. The zero-order valence-corrected chi connectivity index (χ0v) is 12.7. The Kier molecular flexibility index (Phi) is 4.08. The number of carbonyl (C=O) groups excluding carboxylic acids is 1. The molecule has 0 spiro atoms. The van der Waals surface area contributed by atoms with Crippen LogP contribution in [0.3, 0.4) is 0 Å². The van der Waals surface area contributed by atoms with Crippen LogP contribution in [-0.4, -0.2) is 23.5 Å². The van der Waals surface area contributed by atoms with Crippen molar-refractivity contribution in [1.29, 1.82) is 0 Å². The zero-order chi connectivity index (χ0) is 14.8. The van der Waals surface area contributed by atoms with Gasteiger partial charge in [-0.05, 0) is 43.5 Å². The number of halogens is 1. The van der Waals surface area contributed by atoms with E-state index in [1.807, 2.05) is 18.2 Å². The van der Waals surface area contributed by atoms with Crippen LogP contribution in [0.25, 0.3) is 10.9 Å². The second kappa shape index (κ2) is 6.00. The van der Waals surface area contributed by atoms with E-state index in [4.69, 9.17) is 11.6 Å². The molecule has 21 heavy (non-hydrogen) atoms. The van der Waals surface area contributed by atoms with E-state index in [-0.39, 0.29) is 11.9 Å². The Labute approximate surface area is 128 Å². The normalized spacial score (nSPS) is 22.2. The molecule has 3 rings (SSSR count). The van der Waals surface area contributed by atoms with Gasteiger partial charge >= 0.3 is 0 Å². The number of carbonyl (C=O) groups is 1. The largest absolute Gasteiger partial charge is 0.323 e. The number of nitrogens with one attached hydrogen (secondary N) is 2. The number of piperidine rings is 1. The first kappa shape index (κ1) is 14.3. The van der Waals surface area contributed by atoms with E-state index in [1.165, 1.54) is 0 Å². The quantitative estimate of drug-likeness (QED) is 0.895. The predicted molar refractivity (Wildman–Crippen MR) is 85.6 cm³/mol. The number of fused-ring (bicyclic) bond motifs is 1. The number of hydrogen-bond acceptors (Lipinski definition) is 3. The Bertz CT molecular complexity index is 674. The smallest absolute Gasteiger partial charge is 0.241 e. The van der Waals surface area contributed by atoms with Gasteiger partial charge in [0.15, 0.2) is 0 Å². The second-order valence-corrected chi connectivity index (χ2v) is 6.09. The Hall–Kier alpha value is -1.65. The van der Waals surface area contributed by atoms with Crippen molar-refractivity contribution >= 4 is 34.1 Å². The Morgan fingerprint density at radius 2 is 2.33 bits per heavy atom. The molecule has 4 nitrogen and oxygen atoms in total. The highest BCUT2D eigenvalue weighted by Crippen LogP contribution is 2.27. The number of benzene rings is 1. The lowest BCUT2D eigenvalue weighted by atomic mass is 9.94. The molecule has 1 aromatic carbocycles. The number of hydrogen-bond donors (Lipinski definition) is 2. The summed E-state index contributed by atoms with van der Waals surface area (Å²) in [6, 6.07) is 7.24. The summed E-state index contributed by atoms with van der Waals surface area (Å²) in [6.45, 7) is 3.06. The minimum Gasteiger partial charge on any atom is -0.323 e. The highest BCUT2D eigenvalue weighted by molar-refractivity contribution is 6.32. The fourth-order valence-corrected chi connectivity index (χ4v) is 3.00. The molecule has 0 saturated carbocycles. The Morgan fingerprint density at radius 3 is 3.14 bits per heavy atom. The molecule has 0 aliphatic carbocycles. The molecule has 1 saturated heterocycles. The van der Waals surface area contributed by atoms with Gasteiger partial charge in [0.1, 0.15) is 0 Å². The van der Waals surface area contributed by atoms with Crippen molar-refractivity contribution < 1.29 is 4.79 Å². The average molecular weight is 304 g/mol. The van der Waals surface area contributed by atoms with Crippen molar-refractivity contribution in [1.82, 2.24) is 10.3 Å². The molecule has 0 bridgehead atoms. The first-order valence-corrected chi connectivity index (χ1v) is 7.60. The molecule has 1 aliphatic heterocycles. The third kappa shape index (κ3) is 3.17. The maximum Gasteiger partial charge on any atom is 0.241 e. The zero-order valence-electron chi connectivity index (χ0n) is 11.9. The molecular weight excluding hydrogens is 286 g/mol. The van der Waals surface area contributed by atoms with Gasteiger partial charge in [0.25, 0.3) is 0 Å². The molecule has 5 heteroatoms. The van der Waals surface area contributed by atoms with Crippen LogP contribution < -0.4 is 10.6 Å². The molecule has 1 amide bonds. The third-order valence-corrected chi connectivity index (χ3v) is 4.13. The van der Waals surface area contributed by atoms with Crippen molar-refractivity contribution in [3.05, 3.63) is 35.5 Å². The summed E-state index contributed by atoms with van der Waals surface area (Å²) in [5.74, 6) is 0.548. The fraction of sp³-hybridized carbons (Fsp3) is 0.375. The lowest BCUT2D eigenvalue weighted by molar-refractivity contribution is -0.119. The number of amides is 1. The first-order valence-electron chi connectivity index (χ1n) is 7.22. The van der Waals surface area contributed by atoms with Gasteiger partial charge in [-0.15, -0.1) is 0 Å². The van der Waals surface area contributed by atoms with Crippen molar-refractivity contribution in [3.63, 3.8) is 0 Å². The molecule has 2 unspecified atom stereocenters. The van der Waals surface area contributed by atoms with Gasteiger partial charge in [0, 0.05) is 16.6 Å². The molecule has 1 aliphatic rings. The monoisotopic (exact) mass is 303 g/mol. The van der Waals surface area contributed by atoms with Crippen LogP contribution in [0, 0.1) is 5.92 Å². The van der Waals surface area contributed by atoms with E-state index >= 15 is 0 Å². The topological polar surface area (TPSA) is 54.0 Å². The van der Waals surface area contributed by atoms with Crippen molar-refractivity contribution in [2.45, 2.75) is 25.8 Å². The molecule has 2 aromatic rings. The van der Waals surface area contributed by atoms with Gasteiger partial charge in [-0.2, -0.15) is 0 Å². The summed E-state index contributed by atoms with van der Waals surface area (Å²) >= 11 is 6.12. The molecule has 1 aromatic heterocycles. The Balaban J connectivity index is 1.85. The van der Waals surface area contributed by atoms with Crippen LogP contribution in [0.5, 0.6) is 0 Å². The third-order valence-electron chi connectivity index (χ3n) is 3.91. The van der Waals surface area contributed by atoms with E-state index in [9.17, 15) is 4.79 Å². The maximum absolute atomic E-state index is 12.4. The van der Waals surface area contributed by atoms with Gasteiger partial charge in [-0.3, -0.25) is 9.78 Å². The van der Waals surface area contributed by atoms with Crippen LogP contribution in [0.15, 0.2) is 30.5 Å². The summed E-state index contributed by atoms with van der Waals surface area (Å²) < 4.78 is 0. The second-order valence-electron chi connectivity index (χ2n) is 5.65. The summed E-state index contributed by atoms with van der Waals surface area (Å²) in [5, 5.41) is 7.75. The molecule has 2 N–H and O–H groups in total. The highest BCUT2D eigenvalue weighted by Gasteiger charge is 2.25. The van der Waals surface area contributed by atoms with Crippen LogP contribution in [-0.2, 0) is 4.79 Å². The van der Waals surface area contributed by atoms with E-state index in [2.05, 4.69) is 22.5 Å². The minimum atomic E-state index is -0.147. The van der Waals surface area contributed by atoms with Crippen molar-refractivity contribution in [2.24, 2.45) is 5.92 Å². The van der Waals surface area contributed by atoms with Gasteiger partial charge in [-0.1, -0.05) is 24.6 Å². The SMILES string of the molecule is CC1CCNC(C(=O)Nc2cc(Cl)cc3cccnc23)C1. The number of aromatic nitrogens is 1. The number of pyridine rings is 1. The van der Waals surface area contributed by atoms with Gasteiger partial charge in [-0.25, -0.2) is 0 Å². The molecule has 2 atom stereocenters. The highest BCUT2D eigenvalue weighted by atomic mass is 35.5. The van der Waals surface area contributed by atoms with E-state index < -0.39 is 0 Å². The summed E-state index contributed by atoms with van der Waals surface area (Å²) in [7, 11) is 0. The van der Waals surface area contributed by atoms with Crippen LogP contribution in [0.4, 0.5) is 5.69 Å². The molecule has 0 radical (unpaired) electrons. The molecular formula is C16H18ClN3O. The summed E-state index contributed by atoms with van der Waals surface area (Å²) in [4.78, 5) is 16.8. The Morgan fingerprint density at radius 1 is 1.48 bits per heavy atom. The van der Waals surface area contributed by atoms with Crippen molar-refractivity contribution in [3.8, 4) is 0 Å². The lowest BCUT2D eigenvalue weighted by Gasteiger charge is -2.27. The van der Waals surface area contributed by atoms with Gasteiger partial charge in [0.2, 0.25) is 5.91 Å². The van der Waals surface area contributed by atoms with E-state index in [1.54, 1.807) is 12.3 Å².